The lowest BCUT2D eigenvalue weighted by molar-refractivity contribution is -0.118. The van der Waals surface area contributed by atoms with E-state index in [1.807, 2.05) is 36.4 Å². The zero-order chi connectivity index (χ0) is 21.3. The maximum Gasteiger partial charge on any atom is 0.233 e. The van der Waals surface area contributed by atoms with Gasteiger partial charge in [-0.1, -0.05) is 77.0 Å². The Kier molecular flexibility index (Phi) is 6.09. The zero-order valence-electron chi connectivity index (χ0n) is 16.7. The van der Waals surface area contributed by atoms with Crippen molar-refractivity contribution in [3.8, 4) is 0 Å². The van der Waals surface area contributed by atoms with Gasteiger partial charge in [0.2, 0.25) is 5.91 Å². The Morgan fingerprint density at radius 3 is 2.47 bits per heavy atom. The molecule has 0 saturated carbocycles. The van der Waals surface area contributed by atoms with Gasteiger partial charge in [0.15, 0.2) is 5.13 Å². The van der Waals surface area contributed by atoms with Gasteiger partial charge in [-0.25, -0.2) is 4.98 Å². The first-order valence-electron chi connectivity index (χ1n) is 9.57. The summed E-state index contributed by atoms with van der Waals surface area (Å²) in [7, 11) is 0. The smallest absolute Gasteiger partial charge is 0.233 e. The minimum absolute atomic E-state index is 0.0364. The Hall–Kier alpha value is -2.40. The average Bonchev–Trinajstić information content (AvgIpc) is 3.13. The van der Waals surface area contributed by atoms with E-state index in [4.69, 9.17) is 28.2 Å². The summed E-state index contributed by atoms with van der Waals surface area (Å²) in [6.07, 6.45) is 0.220. The normalized spacial score (nSPS) is 11.1. The van der Waals surface area contributed by atoms with Crippen LogP contribution in [0, 0.1) is 13.8 Å². The van der Waals surface area contributed by atoms with Gasteiger partial charge in [-0.2, -0.15) is 0 Å². The van der Waals surface area contributed by atoms with Gasteiger partial charge in [-0.15, -0.1) is 0 Å². The molecule has 1 amide bonds. The molecule has 0 unspecified atom stereocenters. The first-order valence-corrected chi connectivity index (χ1v) is 11.1. The van der Waals surface area contributed by atoms with Crippen LogP contribution >= 0.6 is 34.5 Å². The van der Waals surface area contributed by atoms with E-state index in [2.05, 4.69) is 26.0 Å². The van der Waals surface area contributed by atoms with Crippen molar-refractivity contribution in [2.24, 2.45) is 0 Å². The molecule has 3 aromatic carbocycles. The largest absolute Gasteiger partial charge is 0.283 e. The fraction of sp³-hybridized carbons (Fsp3) is 0.167. The molecule has 6 heteroatoms. The van der Waals surface area contributed by atoms with E-state index in [-0.39, 0.29) is 12.3 Å². The molecule has 152 valence electrons. The Balaban J connectivity index is 1.71. The third kappa shape index (κ3) is 4.51. The van der Waals surface area contributed by atoms with E-state index in [0.29, 0.717) is 21.7 Å². The van der Waals surface area contributed by atoms with Gasteiger partial charge < -0.3 is 0 Å². The lowest BCUT2D eigenvalue weighted by Gasteiger charge is -2.20. The van der Waals surface area contributed by atoms with Gasteiger partial charge in [-0.05, 0) is 54.3 Å². The summed E-state index contributed by atoms with van der Waals surface area (Å²) >= 11 is 13.7. The molecule has 0 bridgehead atoms. The third-order valence-corrected chi connectivity index (χ3v) is 6.64. The molecule has 3 nitrogen and oxygen atoms in total. The molecule has 0 N–H and O–H groups in total. The fourth-order valence-corrected chi connectivity index (χ4v) is 4.90. The highest BCUT2D eigenvalue weighted by atomic mass is 35.5. The van der Waals surface area contributed by atoms with E-state index in [1.54, 1.807) is 28.4 Å². The van der Waals surface area contributed by atoms with Crippen LogP contribution in [-0.2, 0) is 17.8 Å². The van der Waals surface area contributed by atoms with E-state index in [1.165, 1.54) is 5.56 Å². The second kappa shape index (κ2) is 8.76. The minimum Gasteiger partial charge on any atom is -0.283 e. The molecular weight excluding hydrogens is 435 g/mol. The lowest BCUT2D eigenvalue weighted by atomic mass is 10.1. The van der Waals surface area contributed by atoms with Crippen molar-refractivity contribution in [3.05, 3.63) is 93.0 Å². The van der Waals surface area contributed by atoms with Crippen molar-refractivity contribution >= 4 is 55.8 Å². The first-order chi connectivity index (χ1) is 14.4. The summed E-state index contributed by atoms with van der Waals surface area (Å²) in [6.45, 7) is 4.58. The molecule has 0 fully saturated rings. The molecule has 0 atom stereocenters. The zero-order valence-corrected chi connectivity index (χ0v) is 19.0. The van der Waals surface area contributed by atoms with Crippen LogP contribution in [0.25, 0.3) is 10.2 Å². The van der Waals surface area contributed by atoms with Gasteiger partial charge >= 0.3 is 0 Å². The maximum atomic E-state index is 13.4. The monoisotopic (exact) mass is 454 g/mol. The van der Waals surface area contributed by atoms with Crippen molar-refractivity contribution in [1.82, 2.24) is 4.98 Å². The number of benzene rings is 3. The molecule has 4 rings (SSSR count). The third-order valence-electron chi connectivity index (χ3n) is 4.87. The van der Waals surface area contributed by atoms with Crippen molar-refractivity contribution < 1.29 is 4.79 Å². The predicted octanol–water partition coefficient (Wildman–Crippen LogP) is 7.00. The lowest BCUT2D eigenvalue weighted by Crippen LogP contribution is -2.31. The van der Waals surface area contributed by atoms with Crippen molar-refractivity contribution in [2.45, 2.75) is 26.8 Å². The van der Waals surface area contributed by atoms with Crippen LogP contribution in [0.15, 0.2) is 60.7 Å². The first kappa shape index (κ1) is 20.9. The molecular formula is C24H20Cl2N2OS. The Labute approximate surface area is 189 Å². The number of thiazole rings is 1. The van der Waals surface area contributed by atoms with Gasteiger partial charge in [-0.3, -0.25) is 9.69 Å². The van der Waals surface area contributed by atoms with E-state index in [0.717, 1.165) is 26.9 Å². The Morgan fingerprint density at radius 1 is 0.967 bits per heavy atom. The van der Waals surface area contributed by atoms with Crippen LogP contribution in [0.4, 0.5) is 5.13 Å². The number of hydrogen-bond acceptors (Lipinski definition) is 3. The molecule has 4 aromatic rings. The van der Waals surface area contributed by atoms with E-state index < -0.39 is 0 Å². The van der Waals surface area contributed by atoms with Crippen LogP contribution in [0.5, 0.6) is 0 Å². The second-order valence-electron chi connectivity index (χ2n) is 7.32. The highest BCUT2D eigenvalue weighted by Crippen LogP contribution is 2.33. The number of amides is 1. The van der Waals surface area contributed by atoms with E-state index >= 15 is 0 Å². The number of rotatable bonds is 5. The number of carbonyl (C=O) groups is 1. The molecule has 0 saturated heterocycles. The molecule has 0 aliphatic carbocycles. The summed E-state index contributed by atoms with van der Waals surface area (Å²) in [5.74, 6) is -0.0364. The predicted molar refractivity (Wildman–Crippen MR) is 127 cm³/mol. The SMILES string of the molecule is Cc1cc(C)c2nc(N(Cc3ccccc3)C(=O)Cc3ccc(Cl)c(Cl)c3)sc2c1. The van der Waals surface area contributed by atoms with Gasteiger partial charge in [0.1, 0.15) is 0 Å². The van der Waals surface area contributed by atoms with E-state index in [9.17, 15) is 4.79 Å². The minimum atomic E-state index is -0.0364. The molecule has 1 heterocycles. The molecule has 0 radical (unpaired) electrons. The maximum absolute atomic E-state index is 13.4. The Bertz CT molecular complexity index is 1220. The van der Waals surface area contributed by atoms with Crippen molar-refractivity contribution in [3.63, 3.8) is 0 Å². The highest BCUT2D eigenvalue weighted by molar-refractivity contribution is 7.22. The summed E-state index contributed by atoms with van der Waals surface area (Å²) < 4.78 is 1.09. The average molecular weight is 455 g/mol. The number of halogens is 2. The van der Waals surface area contributed by atoms with Crippen LogP contribution in [0.1, 0.15) is 22.3 Å². The Morgan fingerprint density at radius 2 is 1.73 bits per heavy atom. The molecule has 0 spiro atoms. The molecule has 0 aliphatic rings. The number of aromatic nitrogens is 1. The molecule has 1 aromatic heterocycles. The quantitative estimate of drug-likeness (QED) is 0.325. The van der Waals surface area contributed by atoms with Gasteiger partial charge in [0.25, 0.3) is 0 Å². The summed E-state index contributed by atoms with van der Waals surface area (Å²) in [4.78, 5) is 19.9. The van der Waals surface area contributed by atoms with Gasteiger partial charge in [0.05, 0.1) is 33.2 Å². The van der Waals surface area contributed by atoms with Crippen molar-refractivity contribution in [1.29, 1.82) is 0 Å². The number of hydrogen-bond donors (Lipinski definition) is 0. The summed E-state index contributed by atoms with van der Waals surface area (Å²) in [5.41, 5.74) is 5.12. The molecule has 30 heavy (non-hydrogen) atoms. The number of fused-ring (bicyclic) bond motifs is 1. The number of carbonyl (C=O) groups excluding carboxylic acids is 1. The van der Waals surface area contributed by atoms with Crippen LogP contribution in [-0.4, -0.2) is 10.9 Å². The van der Waals surface area contributed by atoms with Crippen molar-refractivity contribution in [2.75, 3.05) is 4.90 Å². The van der Waals surface area contributed by atoms with Crippen LogP contribution in [0.2, 0.25) is 10.0 Å². The van der Waals surface area contributed by atoms with Crippen LogP contribution in [0.3, 0.4) is 0 Å². The standard InChI is InChI=1S/C24H20Cl2N2OS/c1-15-10-16(2)23-21(11-15)30-24(27-23)28(14-17-6-4-3-5-7-17)22(29)13-18-8-9-19(25)20(26)12-18/h3-12H,13-14H2,1-2H3. The topological polar surface area (TPSA) is 33.2 Å². The highest BCUT2D eigenvalue weighted by Gasteiger charge is 2.21. The number of aryl methyl sites for hydroxylation is 2. The van der Waals surface area contributed by atoms with Gasteiger partial charge in [0, 0.05) is 0 Å². The number of nitrogens with zero attached hydrogens (tertiary/aromatic N) is 2. The second-order valence-corrected chi connectivity index (χ2v) is 9.14. The number of anilines is 1. The summed E-state index contributed by atoms with van der Waals surface area (Å²) in [6, 6.07) is 19.5. The summed E-state index contributed by atoms with van der Waals surface area (Å²) in [5, 5.41) is 1.63. The van der Waals surface area contributed by atoms with Crippen LogP contribution < -0.4 is 4.90 Å². The molecule has 0 aliphatic heterocycles. The fourth-order valence-electron chi connectivity index (χ4n) is 3.42.